The third kappa shape index (κ3) is 6.58. The van der Waals surface area contributed by atoms with Gasteiger partial charge in [0.05, 0.1) is 12.3 Å². The fraction of sp³-hybridized carbons (Fsp3) is 0.500. The van der Waals surface area contributed by atoms with Crippen molar-refractivity contribution in [2.24, 2.45) is 0 Å². The van der Waals surface area contributed by atoms with Crippen LogP contribution in [0.4, 0.5) is 4.79 Å². The number of carbonyl (C=O) groups is 2. The molecule has 0 saturated heterocycles. The third-order valence-corrected chi connectivity index (χ3v) is 4.76. The van der Waals surface area contributed by atoms with Gasteiger partial charge in [0.2, 0.25) is 0 Å². The van der Waals surface area contributed by atoms with E-state index >= 15 is 0 Å². The first-order chi connectivity index (χ1) is 9.69. The Kier molecular flexibility index (Phi) is 6.16. The lowest BCUT2D eigenvalue weighted by Gasteiger charge is -2.14. The maximum absolute atomic E-state index is 11.7. The number of aliphatic carboxylic acids is 1. The van der Waals surface area contributed by atoms with E-state index in [1.807, 2.05) is 18.4 Å². The van der Waals surface area contributed by atoms with Gasteiger partial charge in [-0.25, -0.2) is 18.0 Å². The van der Waals surface area contributed by atoms with Gasteiger partial charge in [0, 0.05) is 11.1 Å². The van der Waals surface area contributed by atoms with Crippen LogP contribution in [0.2, 0.25) is 0 Å². The van der Waals surface area contributed by atoms with Crippen molar-refractivity contribution in [3.05, 3.63) is 21.9 Å². The maximum atomic E-state index is 11.7. The second kappa shape index (κ2) is 7.41. The molecule has 9 heteroatoms. The van der Waals surface area contributed by atoms with Crippen LogP contribution in [0.15, 0.2) is 11.4 Å². The number of thiophene rings is 1. The lowest BCUT2D eigenvalue weighted by atomic mass is 10.2. The number of hydrogen-bond acceptors (Lipinski definition) is 5. The minimum Gasteiger partial charge on any atom is -0.480 e. The van der Waals surface area contributed by atoms with Gasteiger partial charge >= 0.3 is 12.0 Å². The van der Waals surface area contributed by atoms with E-state index in [-0.39, 0.29) is 12.2 Å². The highest BCUT2D eigenvalue weighted by molar-refractivity contribution is 7.90. The van der Waals surface area contributed by atoms with Crippen LogP contribution in [0, 0.1) is 6.92 Å². The molecule has 2 amide bonds. The average Bonchev–Trinajstić information content (AvgIpc) is 2.76. The molecule has 1 aromatic rings. The molecule has 0 aliphatic carbocycles. The summed E-state index contributed by atoms with van der Waals surface area (Å²) in [6.07, 6.45) is 0.852. The molecule has 0 aromatic carbocycles. The lowest BCUT2D eigenvalue weighted by molar-refractivity contribution is -0.139. The van der Waals surface area contributed by atoms with E-state index in [0.717, 1.165) is 16.7 Å². The molecule has 1 atom stereocenters. The van der Waals surface area contributed by atoms with Crippen molar-refractivity contribution in [2.75, 3.05) is 12.0 Å². The van der Waals surface area contributed by atoms with Gasteiger partial charge in [0.15, 0.2) is 0 Å². The van der Waals surface area contributed by atoms with E-state index in [4.69, 9.17) is 5.11 Å². The summed E-state index contributed by atoms with van der Waals surface area (Å²) in [7, 11) is -3.28. The zero-order valence-electron chi connectivity index (χ0n) is 11.8. The van der Waals surface area contributed by atoms with Crippen LogP contribution in [0.3, 0.4) is 0 Å². The van der Waals surface area contributed by atoms with Crippen molar-refractivity contribution in [3.8, 4) is 0 Å². The highest BCUT2D eigenvalue weighted by Gasteiger charge is 2.21. The normalized spacial score (nSPS) is 12.7. The molecular formula is C12H18N2O5S2. The van der Waals surface area contributed by atoms with Gasteiger partial charge in [-0.2, -0.15) is 0 Å². The Morgan fingerprint density at radius 3 is 2.57 bits per heavy atom. The number of urea groups is 1. The van der Waals surface area contributed by atoms with Crippen LogP contribution < -0.4 is 10.6 Å². The monoisotopic (exact) mass is 334 g/mol. The quantitative estimate of drug-likeness (QED) is 0.681. The zero-order chi connectivity index (χ0) is 16.0. The van der Waals surface area contributed by atoms with E-state index in [2.05, 4.69) is 10.6 Å². The van der Waals surface area contributed by atoms with Crippen LogP contribution >= 0.6 is 11.3 Å². The van der Waals surface area contributed by atoms with Crippen LogP contribution in [0.25, 0.3) is 0 Å². The highest BCUT2D eigenvalue weighted by atomic mass is 32.2. The standard InChI is InChI=1S/C12H18N2O5S2/c1-8-3-5-20-10(8)7-13-12(17)14-9(11(15)16)4-6-21(2,18)19/h3,5,9H,4,6-7H2,1-2H3,(H,15,16)(H2,13,14,17). The number of carboxylic acids is 1. The molecule has 0 bridgehead atoms. The molecule has 1 unspecified atom stereocenters. The molecule has 0 radical (unpaired) electrons. The van der Waals surface area contributed by atoms with Crippen molar-refractivity contribution in [3.63, 3.8) is 0 Å². The first kappa shape index (κ1) is 17.4. The molecule has 0 aliphatic rings. The smallest absolute Gasteiger partial charge is 0.326 e. The summed E-state index contributed by atoms with van der Waals surface area (Å²) in [6, 6.07) is 0.0546. The van der Waals surface area contributed by atoms with Crippen molar-refractivity contribution < 1.29 is 23.1 Å². The molecular weight excluding hydrogens is 316 g/mol. The van der Waals surface area contributed by atoms with E-state index in [0.29, 0.717) is 6.54 Å². The van der Waals surface area contributed by atoms with Crippen molar-refractivity contribution in [1.29, 1.82) is 0 Å². The minimum absolute atomic E-state index is 0.167. The second-order valence-electron chi connectivity index (χ2n) is 4.66. The van der Waals surface area contributed by atoms with Gasteiger partial charge in [-0.3, -0.25) is 0 Å². The number of amides is 2. The van der Waals surface area contributed by atoms with E-state index in [1.54, 1.807) is 0 Å². The number of aryl methyl sites for hydroxylation is 1. The Morgan fingerprint density at radius 1 is 1.43 bits per heavy atom. The van der Waals surface area contributed by atoms with Crippen molar-refractivity contribution in [1.82, 2.24) is 10.6 Å². The summed E-state index contributed by atoms with van der Waals surface area (Å²) in [5.74, 6) is -1.56. The van der Waals surface area contributed by atoms with Gasteiger partial charge < -0.3 is 15.7 Å². The summed E-state index contributed by atoms with van der Waals surface area (Å²) in [4.78, 5) is 23.6. The van der Waals surface area contributed by atoms with E-state index < -0.39 is 27.9 Å². The predicted octanol–water partition coefficient (Wildman–Crippen LogP) is 0.744. The Morgan fingerprint density at radius 2 is 2.10 bits per heavy atom. The van der Waals surface area contributed by atoms with Crippen molar-refractivity contribution >= 4 is 33.2 Å². The molecule has 1 aromatic heterocycles. The maximum Gasteiger partial charge on any atom is 0.326 e. The van der Waals surface area contributed by atoms with Crippen LogP contribution in [0.5, 0.6) is 0 Å². The summed E-state index contributed by atoms with van der Waals surface area (Å²) in [5, 5.41) is 15.7. The number of nitrogens with one attached hydrogen (secondary N) is 2. The van der Waals surface area contributed by atoms with Gasteiger partial charge in [-0.05, 0) is 30.4 Å². The fourth-order valence-corrected chi connectivity index (χ4v) is 3.05. The summed E-state index contributed by atoms with van der Waals surface area (Å²) in [5.41, 5.74) is 1.05. The fourth-order valence-electron chi connectivity index (χ4n) is 1.54. The van der Waals surface area contributed by atoms with Crippen LogP contribution in [-0.2, 0) is 21.2 Å². The average molecular weight is 334 g/mol. The molecule has 1 rings (SSSR count). The van der Waals surface area contributed by atoms with Gasteiger partial charge in [-0.1, -0.05) is 0 Å². The van der Waals surface area contributed by atoms with E-state index in [9.17, 15) is 18.0 Å². The molecule has 1 heterocycles. The predicted molar refractivity (Wildman–Crippen MR) is 80.2 cm³/mol. The second-order valence-corrected chi connectivity index (χ2v) is 7.92. The largest absolute Gasteiger partial charge is 0.480 e. The molecule has 21 heavy (non-hydrogen) atoms. The molecule has 7 nitrogen and oxygen atoms in total. The van der Waals surface area contributed by atoms with Gasteiger partial charge in [-0.15, -0.1) is 11.3 Å². The summed E-state index contributed by atoms with van der Waals surface area (Å²) >= 11 is 1.49. The molecule has 3 N–H and O–H groups in total. The molecule has 0 aliphatic heterocycles. The minimum atomic E-state index is -3.28. The topological polar surface area (TPSA) is 113 Å². The Labute approximate surface area is 127 Å². The molecule has 0 saturated carbocycles. The SMILES string of the molecule is Cc1ccsc1CNC(=O)NC(CCS(C)(=O)=O)C(=O)O. The first-order valence-corrected chi connectivity index (χ1v) is 9.11. The third-order valence-electron chi connectivity index (χ3n) is 2.76. The van der Waals surface area contributed by atoms with Crippen LogP contribution in [-0.4, -0.2) is 43.6 Å². The Hall–Kier alpha value is -1.61. The van der Waals surface area contributed by atoms with E-state index in [1.165, 1.54) is 11.3 Å². The molecule has 118 valence electrons. The number of sulfone groups is 1. The Bertz CT molecular complexity index is 609. The number of hydrogen-bond donors (Lipinski definition) is 3. The number of carboxylic acid groups (broad SMARTS) is 1. The summed E-state index contributed by atoms with van der Waals surface area (Å²) in [6.45, 7) is 2.21. The van der Waals surface area contributed by atoms with Crippen molar-refractivity contribution in [2.45, 2.75) is 25.9 Å². The highest BCUT2D eigenvalue weighted by Crippen LogP contribution is 2.14. The number of carbonyl (C=O) groups excluding carboxylic acids is 1. The van der Waals surface area contributed by atoms with Crippen LogP contribution in [0.1, 0.15) is 16.9 Å². The molecule has 0 fully saturated rings. The first-order valence-electron chi connectivity index (χ1n) is 6.17. The lowest BCUT2D eigenvalue weighted by Crippen LogP contribution is -2.46. The van der Waals surface area contributed by atoms with Gasteiger partial charge in [0.25, 0.3) is 0 Å². The van der Waals surface area contributed by atoms with Gasteiger partial charge in [0.1, 0.15) is 15.9 Å². The summed E-state index contributed by atoms with van der Waals surface area (Å²) < 4.78 is 22.1. The molecule has 0 spiro atoms. The Balaban J connectivity index is 2.49. The zero-order valence-corrected chi connectivity index (χ0v) is 13.4. The number of rotatable bonds is 7.